The average molecular weight is 481 g/mol. The number of benzene rings is 1. The Morgan fingerprint density at radius 3 is 2.63 bits per heavy atom. The number of likely N-dealkylation sites (N-methyl/N-ethyl adjacent to an activating group) is 1. The summed E-state index contributed by atoms with van der Waals surface area (Å²) in [4.78, 5) is 31.7. The van der Waals surface area contributed by atoms with Gasteiger partial charge in [0, 0.05) is 56.0 Å². The summed E-state index contributed by atoms with van der Waals surface area (Å²) in [6.45, 7) is 8.23. The number of hydrogen-bond donors (Lipinski definition) is 2. The van der Waals surface area contributed by atoms with Gasteiger partial charge in [-0.2, -0.15) is 0 Å². The number of amides is 1. The number of nitrogens with zero attached hydrogens (tertiary/aromatic N) is 3. The highest BCUT2D eigenvalue weighted by atomic mass is 16.5. The molecule has 0 saturated carbocycles. The lowest BCUT2D eigenvalue weighted by atomic mass is 9.86. The van der Waals surface area contributed by atoms with Gasteiger partial charge in [-0.3, -0.25) is 19.4 Å². The van der Waals surface area contributed by atoms with Gasteiger partial charge in [0.15, 0.2) is 0 Å². The third kappa shape index (κ3) is 4.56. The molecule has 1 amide bonds. The molecule has 35 heavy (non-hydrogen) atoms. The molecule has 2 fully saturated rings. The maximum Gasteiger partial charge on any atom is 0.258 e. The number of carbonyl (C=O) groups excluding carboxylic acids is 1. The Kier molecular flexibility index (Phi) is 7.34. The number of rotatable bonds is 8. The van der Waals surface area contributed by atoms with E-state index < -0.39 is 0 Å². The fourth-order valence-electron chi connectivity index (χ4n) is 6.25. The zero-order chi connectivity index (χ0) is 24.4. The molecule has 4 heterocycles. The fraction of sp³-hybridized carbons (Fsp3) is 0.556. The van der Waals surface area contributed by atoms with Crippen LogP contribution in [0, 0.1) is 11.8 Å². The van der Waals surface area contributed by atoms with Crippen molar-refractivity contribution in [3.8, 4) is 11.1 Å². The summed E-state index contributed by atoms with van der Waals surface area (Å²) in [6.07, 6.45) is 0.879. The zero-order valence-corrected chi connectivity index (χ0v) is 20.4. The van der Waals surface area contributed by atoms with Crippen molar-refractivity contribution in [1.82, 2.24) is 19.7 Å². The molecular weight excluding hydrogens is 444 g/mol. The summed E-state index contributed by atoms with van der Waals surface area (Å²) in [5.74, 6) is -0.618. The zero-order valence-electron chi connectivity index (χ0n) is 20.4. The molecule has 0 unspecified atom stereocenters. The molecule has 2 bridgehead atoms. The van der Waals surface area contributed by atoms with Gasteiger partial charge in [-0.25, -0.2) is 0 Å². The standard InChI is InChI=1S/C27H36N4O4/c1-2-30-23-17-31-22(10-9-20(27(31)34)19-7-4-3-5-8-19)25(30)24(21(23)18-32)26(33)28-11-6-12-29-13-15-35-16-14-29/h3-5,7-10,21,23-25,32H,2,6,11-18H2,1H3,(H,28,33)/t21-,23-,24+,25+/m1/s1. The molecule has 0 aliphatic carbocycles. The van der Waals surface area contributed by atoms with Gasteiger partial charge >= 0.3 is 0 Å². The van der Waals surface area contributed by atoms with E-state index in [-0.39, 0.29) is 42.0 Å². The minimum Gasteiger partial charge on any atom is -0.396 e. The topological polar surface area (TPSA) is 87.0 Å². The van der Waals surface area contributed by atoms with Crippen molar-refractivity contribution >= 4 is 5.91 Å². The second-order valence-electron chi connectivity index (χ2n) is 9.77. The van der Waals surface area contributed by atoms with Crippen LogP contribution < -0.4 is 10.9 Å². The molecule has 1 aromatic heterocycles. The Labute approximate surface area is 206 Å². The molecule has 8 nitrogen and oxygen atoms in total. The van der Waals surface area contributed by atoms with Gasteiger partial charge in [-0.15, -0.1) is 0 Å². The first-order valence-electron chi connectivity index (χ1n) is 12.9. The predicted octanol–water partition coefficient (Wildman–Crippen LogP) is 1.34. The van der Waals surface area contributed by atoms with Gasteiger partial charge in [0.1, 0.15) is 0 Å². The van der Waals surface area contributed by atoms with Crippen LogP contribution in [0.1, 0.15) is 25.1 Å². The lowest BCUT2D eigenvalue weighted by Gasteiger charge is -2.37. The summed E-state index contributed by atoms with van der Waals surface area (Å²) in [5.41, 5.74) is 2.41. The van der Waals surface area contributed by atoms with Crippen molar-refractivity contribution in [2.75, 3.05) is 52.5 Å². The number of fused-ring (bicyclic) bond motifs is 4. The summed E-state index contributed by atoms with van der Waals surface area (Å²) >= 11 is 0. The fourth-order valence-corrected chi connectivity index (χ4v) is 6.25. The van der Waals surface area contributed by atoms with Crippen LogP contribution in [-0.4, -0.2) is 84.0 Å². The number of hydrogen-bond acceptors (Lipinski definition) is 6. The highest BCUT2D eigenvalue weighted by molar-refractivity contribution is 5.80. The number of aromatic nitrogens is 1. The van der Waals surface area contributed by atoms with Gasteiger partial charge in [0.2, 0.25) is 5.91 Å². The largest absolute Gasteiger partial charge is 0.396 e. The molecule has 2 saturated heterocycles. The van der Waals surface area contributed by atoms with Crippen LogP contribution in [-0.2, 0) is 16.1 Å². The molecular formula is C27H36N4O4. The molecule has 2 N–H and O–H groups in total. The van der Waals surface area contributed by atoms with Crippen LogP contribution in [0.4, 0.5) is 0 Å². The van der Waals surface area contributed by atoms with Crippen molar-refractivity contribution in [2.45, 2.75) is 32.0 Å². The molecule has 0 radical (unpaired) electrons. The number of ether oxygens (including phenoxy) is 1. The Balaban J connectivity index is 1.37. The molecule has 1 aromatic carbocycles. The molecule has 3 aliphatic heterocycles. The number of carbonyl (C=O) groups is 1. The van der Waals surface area contributed by atoms with Crippen LogP contribution in [0.3, 0.4) is 0 Å². The van der Waals surface area contributed by atoms with E-state index in [1.807, 2.05) is 47.0 Å². The highest BCUT2D eigenvalue weighted by Gasteiger charge is 2.55. The number of pyridine rings is 1. The summed E-state index contributed by atoms with van der Waals surface area (Å²) in [6, 6.07) is 13.3. The van der Waals surface area contributed by atoms with E-state index in [9.17, 15) is 14.7 Å². The van der Waals surface area contributed by atoms with Crippen LogP contribution in [0.15, 0.2) is 47.3 Å². The number of aliphatic hydroxyl groups is 1. The first kappa shape index (κ1) is 24.2. The molecule has 188 valence electrons. The van der Waals surface area contributed by atoms with Crippen LogP contribution in [0.25, 0.3) is 11.1 Å². The lowest BCUT2D eigenvalue weighted by Crippen LogP contribution is -2.46. The van der Waals surface area contributed by atoms with E-state index in [1.165, 1.54) is 0 Å². The Morgan fingerprint density at radius 2 is 1.91 bits per heavy atom. The first-order valence-corrected chi connectivity index (χ1v) is 12.9. The van der Waals surface area contributed by atoms with Crippen molar-refractivity contribution in [3.63, 3.8) is 0 Å². The third-order valence-corrected chi connectivity index (χ3v) is 7.98. The van der Waals surface area contributed by atoms with Gasteiger partial charge < -0.3 is 19.7 Å². The number of morpholine rings is 1. The average Bonchev–Trinajstić information content (AvgIpc) is 3.13. The Morgan fingerprint density at radius 1 is 1.14 bits per heavy atom. The molecule has 3 aliphatic rings. The highest BCUT2D eigenvalue weighted by Crippen LogP contribution is 2.48. The quantitative estimate of drug-likeness (QED) is 0.555. The number of nitrogens with one attached hydrogen (secondary N) is 1. The maximum atomic E-state index is 13.5. The third-order valence-electron chi connectivity index (χ3n) is 7.98. The van der Waals surface area contributed by atoms with Gasteiger partial charge in [0.05, 0.1) is 25.2 Å². The van der Waals surface area contributed by atoms with Crippen molar-refractivity contribution in [2.24, 2.45) is 11.8 Å². The number of aliphatic hydroxyl groups excluding tert-OH is 1. The smallest absolute Gasteiger partial charge is 0.258 e. The Bertz CT molecular complexity index is 1080. The van der Waals surface area contributed by atoms with E-state index in [0.717, 1.165) is 57.1 Å². The Hall–Kier alpha value is -2.52. The molecule has 5 rings (SSSR count). The first-order chi connectivity index (χ1) is 17.1. The van der Waals surface area contributed by atoms with E-state index in [4.69, 9.17) is 4.74 Å². The second-order valence-corrected chi connectivity index (χ2v) is 9.77. The maximum absolute atomic E-state index is 13.5. The molecule has 0 spiro atoms. The summed E-state index contributed by atoms with van der Waals surface area (Å²) in [7, 11) is 0. The van der Waals surface area contributed by atoms with Crippen molar-refractivity contribution < 1.29 is 14.6 Å². The van der Waals surface area contributed by atoms with Gasteiger partial charge in [-0.05, 0) is 37.2 Å². The van der Waals surface area contributed by atoms with E-state index in [0.29, 0.717) is 18.7 Å². The molecule has 8 heteroatoms. The molecule has 4 atom stereocenters. The van der Waals surface area contributed by atoms with Crippen LogP contribution in [0.2, 0.25) is 0 Å². The SMILES string of the molecule is CCN1[C@@H]2Cn3c(ccc(-c4ccccc4)c3=O)[C@H]1[C@@H](C(=O)NCCCN1CCOCC1)[C@@H]2CO. The molecule has 2 aromatic rings. The lowest BCUT2D eigenvalue weighted by molar-refractivity contribution is -0.127. The van der Waals surface area contributed by atoms with Crippen molar-refractivity contribution in [3.05, 3.63) is 58.5 Å². The van der Waals surface area contributed by atoms with E-state index in [1.54, 1.807) is 0 Å². The minimum absolute atomic E-state index is 0.0231. The van der Waals surface area contributed by atoms with E-state index >= 15 is 0 Å². The second kappa shape index (κ2) is 10.6. The van der Waals surface area contributed by atoms with Gasteiger partial charge in [0.25, 0.3) is 5.56 Å². The monoisotopic (exact) mass is 480 g/mol. The summed E-state index contributed by atoms with van der Waals surface area (Å²) < 4.78 is 7.25. The summed E-state index contributed by atoms with van der Waals surface area (Å²) in [5, 5.41) is 13.5. The minimum atomic E-state index is -0.385. The van der Waals surface area contributed by atoms with Crippen LogP contribution >= 0.6 is 0 Å². The van der Waals surface area contributed by atoms with Crippen molar-refractivity contribution in [1.29, 1.82) is 0 Å². The normalized spacial score (nSPS) is 26.5. The van der Waals surface area contributed by atoms with E-state index in [2.05, 4.69) is 22.0 Å². The predicted molar refractivity (Wildman–Crippen MR) is 134 cm³/mol. The van der Waals surface area contributed by atoms with Gasteiger partial charge in [-0.1, -0.05) is 37.3 Å². The van der Waals surface area contributed by atoms with Crippen LogP contribution in [0.5, 0.6) is 0 Å².